The smallest absolute Gasteiger partial charge is 0.341 e. The third kappa shape index (κ3) is 4.66. The number of amides is 1. The standard InChI is InChI=1S/C14H16F2N2O3S/c15-14(16)22-12-10(5-4-6-17-12)13(20)21-9-11(19)18-7-2-1-3-8-18/h4-6,14H,1-3,7-9H2. The van der Waals surface area contributed by atoms with Gasteiger partial charge in [-0.25, -0.2) is 9.78 Å². The van der Waals surface area contributed by atoms with Gasteiger partial charge in [-0.1, -0.05) is 0 Å². The van der Waals surface area contributed by atoms with Gasteiger partial charge in [-0.3, -0.25) is 4.79 Å². The number of rotatable bonds is 5. The van der Waals surface area contributed by atoms with Gasteiger partial charge in [0, 0.05) is 19.3 Å². The van der Waals surface area contributed by atoms with Crippen LogP contribution < -0.4 is 0 Å². The lowest BCUT2D eigenvalue weighted by Gasteiger charge is -2.26. The molecule has 1 amide bonds. The van der Waals surface area contributed by atoms with Crippen LogP contribution in [0.2, 0.25) is 0 Å². The summed E-state index contributed by atoms with van der Waals surface area (Å²) in [6, 6.07) is 2.81. The summed E-state index contributed by atoms with van der Waals surface area (Å²) in [6.45, 7) is 0.942. The number of likely N-dealkylation sites (tertiary alicyclic amines) is 1. The molecule has 0 bridgehead atoms. The van der Waals surface area contributed by atoms with E-state index in [1.165, 1.54) is 18.3 Å². The number of nitrogens with zero attached hydrogens (tertiary/aromatic N) is 2. The molecule has 5 nitrogen and oxygen atoms in total. The average Bonchev–Trinajstić information content (AvgIpc) is 2.53. The molecule has 8 heteroatoms. The van der Waals surface area contributed by atoms with Crippen molar-refractivity contribution >= 4 is 23.6 Å². The molecule has 1 aliphatic heterocycles. The summed E-state index contributed by atoms with van der Waals surface area (Å²) >= 11 is 0.175. The molecule has 0 unspecified atom stereocenters. The number of pyridine rings is 1. The molecule has 0 atom stereocenters. The van der Waals surface area contributed by atoms with Gasteiger partial charge in [0.05, 0.1) is 5.56 Å². The fraction of sp³-hybridized carbons (Fsp3) is 0.500. The van der Waals surface area contributed by atoms with Crippen LogP contribution in [0.25, 0.3) is 0 Å². The van der Waals surface area contributed by atoms with Crippen molar-refractivity contribution in [3.63, 3.8) is 0 Å². The predicted octanol–water partition coefficient (Wildman–Crippen LogP) is 2.57. The first-order chi connectivity index (χ1) is 10.6. The van der Waals surface area contributed by atoms with Crippen LogP contribution in [0.5, 0.6) is 0 Å². The van der Waals surface area contributed by atoms with Gasteiger partial charge in [0.25, 0.3) is 11.7 Å². The van der Waals surface area contributed by atoms with E-state index in [9.17, 15) is 18.4 Å². The Kier molecular flexibility index (Phi) is 6.11. The largest absolute Gasteiger partial charge is 0.452 e. The van der Waals surface area contributed by atoms with E-state index in [4.69, 9.17) is 4.74 Å². The molecule has 0 saturated carbocycles. The molecule has 22 heavy (non-hydrogen) atoms. The van der Waals surface area contributed by atoms with Gasteiger partial charge in [-0.15, -0.1) is 0 Å². The molecule has 2 rings (SSSR count). The first kappa shape index (κ1) is 16.7. The van der Waals surface area contributed by atoms with Crippen LogP contribution in [0.1, 0.15) is 29.6 Å². The van der Waals surface area contributed by atoms with Crippen molar-refractivity contribution in [2.75, 3.05) is 19.7 Å². The second-order valence-corrected chi connectivity index (χ2v) is 5.73. The Morgan fingerprint density at radius 3 is 2.73 bits per heavy atom. The summed E-state index contributed by atoms with van der Waals surface area (Å²) in [4.78, 5) is 29.2. The SMILES string of the molecule is O=C(OCC(=O)N1CCCCC1)c1cccnc1SC(F)F. The molecule has 1 saturated heterocycles. The van der Waals surface area contributed by atoms with Gasteiger partial charge in [0.15, 0.2) is 6.61 Å². The van der Waals surface area contributed by atoms with Crippen molar-refractivity contribution in [3.05, 3.63) is 23.9 Å². The van der Waals surface area contributed by atoms with E-state index in [0.717, 1.165) is 19.3 Å². The highest BCUT2D eigenvalue weighted by Crippen LogP contribution is 2.26. The first-order valence-electron chi connectivity index (χ1n) is 6.92. The Hall–Kier alpha value is -1.70. The van der Waals surface area contributed by atoms with E-state index >= 15 is 0 Å². The van der Waals surface area contributed by atoms with E-state index in [-0.39, 0.29) is 34.9 Å². The van der Waals surface area contributed by atoms with Gasteiger partial charge in [-0.2, -0.15) is 8.78 Å². The maximum atomic E-state index is 12.4. The van der Waals surface area contributed by atoms with Crippen LogP contribution in [0, 0.1) is 0 Å². The van der Waals surface area contributed by atoms with Gasteiger partial charge in [-0.05, 0) is 43.2 Å². The fourth-order valence-electron chi connectivity index (χ4n) is 2.16. The van der Waals surface area contributed by atoms with Gasteiger partial charge in [0.2, 0.25) is 0 Å². The minimum atomic E-state index is -2.68. The quantitative estimate of drug-likeness (QED) is 0.613. The van der Waals surface area contributed by atoms with E-state index in [0.29, 0.717) is 13.1 Å². The molecule has 1 aliphatic rings. The zero-order valence-electron chi connectivity index (χ0n) is 11.8. The van der Waals surface area contributed by atoms with Crippen LogP contribution in [0.15, 0.2) is 23.4 Å². The number of halogens is 2. The van der Waals surface area contributed by atoms with Crippen molar-refractivity contribution in [2.24, 2.45) is 0 Å². The van der Waals surface area contributed by atoms with Crippen LogP contribution in [0.4, 0.5) is 8.78 Å². The van der Waals surface area contributed by atoms with E-state index in [1.807, 2.05) is 0 Å². The summed E-state index contributed by atoms with van der Waals surface area (Å²) in [6.07, 6.45) is 4.29. The van der Waals surface area contributed by atoms with Crippen LogP contribution in [-0.4, -0.2) is 47.2 Å². The normalized spacial score (nSPS) is 15.0. The molecular formula is C14H16F2N2O3S. The Labute approximate surface area is 131 Å². The lowest BCUT2D eigenvalue weighted by molar-refractivity contribution is -0.135. The highest BCUT2D eigenvalue weighted by molar-refractivity contribution is 7.99. The van der Waals surface area contributed by atoms with Gasteiger partial charge >= 0.3 is 5.97 Å². The average molecular weight is 330 g/mol. The Morgan fingerprint density at radius 2 is 2.05 bits per heavy atom. The Morgan fingerprint density at radius 1 is 1.32 bits per heavy atom. The minimum Gasteiger partial charge on any atom is -0.452 e. The second-order valence-electron chi connectivity index (χ2n) is 4.75. The van der Waals surface area contributed by atoms with Crippen molar-refractivity contribution < 1.29 is 23.1 Å². The zero-order chi connectivity index (χ0) is 15.9. The third-order valence-corrected chi connectivity index (χ3v) is 3.95. The lowest BCUT2D eigenvalue weighted by atomic mass is 10.1. The fourth-order valence-corrected chi connectivity index (χ4v) is 2.73. The number of esters is 1. The summed E-state index contributed by atoms with van der Waals surface area (Å²) in [5.74, 6) is -3.77. The van der Waals surface area contributed by atoms with Crippen molar-refractivity contribution in [3.8, 4) is 0 Å². The number of carbonyl (C=O) groups is 2. The lowest BCUT2D eigenvalue weighted by Crippen LogP contribution is -2.38. The van der Waals surface area contributed by atoms with Crippen LogP contribution in [0.3, 0.4) is 0 Å². The highest BCUT2D eigenvalue weighted by atomic mass is 32.2. The molecule has 0 aliphatic carbocycles. The summed E-state index contributed by atoms with van der Waals surface area (Å²) in [5, 5.41) is -0.104. The van der Waals surface area contributed by atoms with Gasteiger partial charge < -0.3 is 9.64 Å². The monoisotopic (exact) mass is 330 g/mol. The minimum absolute atomic E-state index is 0.0563. The van der Waals surface area contributed by atoms with Crippen LogP contribution >= 0.6 is 11.8 Å². The number of piperidine rings is 1. The summed E-state index contributed by atoms with van der Waals surface area (Å²) in [5.41, 5.74) is -0.0563. The van der Waals surface area contributed by atoms with Crippen molar-refractivity contribution in [1.82, 2.24) is 9.88 Å². The van der Waals surface area contributed by atoms with Crippen LogP contribution in [-0.2, 0) is 9.53 Å². The molecular weight excluding hydrogens is 314 g/mol. The third-order valence-electron chi connectivity index (χ3n) is 3.23. The number of hydrogen-bond acceptors (Lipinski definition) is 5. The van der Waals surface area contributed by atoms with E-state index in [1.54, 1.807) is 4.90 Å². The Balaban J connectivity index is 1.93. The molecule has 2 heterocycles. The van der Waals surface area contributed by atoms with E-state index < -0.39 is 11.7 Å². The number of carbonyl (C=O) groups excluding carboxylic acids is 2. The molecule has 0 spiro atoms. The maximum Gasteiger partial charge on any atom is 0.341 e. The van der Waals surface area contributed by atoms with Gasteiger partial charge in [0.1, 0.15) is 5.03 Å². The number of ether oxygens (including phenoxy) is 1. The zero-order valence-corrected chi connectivity index (χ0v) is 12.7. The number of alkyl halides is 2. The van der Waals surface area contributed by atoms with Crippen molar-refractivity contribution in [2.45, 2.75) is 30.0 Å². The van der Waals surface area contributed by atoms with Crippen molar-refractivity contribution in [1.29, 1.82) is 0 Å². The Bertz CT molecular complexity index is 537. The first-order valence-corrected chi connectivity index (χ1v) is 7.80. The molecule has 1 aromatic heterocycles. The molecule has 0 N–H and O–H groups in total. The highest BCUT2D eigenvalue weighted by Gasteiger charge is 2.21. The number of aromatic nitrogens is 1. The molecule has 0 aromatic carbocycles. The topological polar surface area (TPSA) is 59.5 Å². The molecule has 1 aromatic rings. The predicted molar refractivity (Wildman–Crippen MR) is 76.8 cm³/mol. The van der Waals surface area contributed by atoms with E-state index in [2.05, 4.69) is 4.98 Å². The molecule has 120 valence electrons. The summed E-state index contributed by atoms with van der Waals surface area (Å²) < 4.78 is 29.8. The molecule has 0 radical (unpaired) electrons. The number of thioether (sulfide) groups is 1. The number of hydrogen-bond donors (Lipinski definition) is 0. The summed E-state index contributed by atoms with van der Waals surface area (Å²) in [7, 11) is 0. The second kappa shape index (κ2) is 8.07. The molecule has 1 fully saturated rings. The maximum absolute atomic E-state index is 12.4.